The van der Waals surface area contributed by atoms with E-state index in [1.54, 1.807) is 6.26 Å². The number of aromatic hydroxyl groups is 5. The molecule has 0 bridgehead atoms. The smallest absolute Gasteiger partial charge is 0.208 e. The van der Waals surface area contributed by atoms with Gasteiger partial charge in [-0.3, -0.25) is 0 Å². The van der Waals surface area contributed by atoms with Crippen molar-refractivity contribution in [3.8, 4) is 62.1 Å². The summed E-state index contributed by atoms with van der Waals surface area (Å²) in [6.07, 6.45) is 1.74. The molecule has 0 atom stereocenters. The Morgan fingerprint density at radius 1 is 0.400 bits per heavy atom. The number of phenols is 5. The van der Waals surface area contributed by atoms with Crippen LogP contribution in [0.25, 0.3) is 65.9 Å². The molecule has 0 radical (unpaired) electrons. The lowest BCUT2D eigenvalue weighted by molar-refractivity contribution is 0.330. The van der Waals surface area contributed by atoms with Crippen molar-refractivity contribution in [1.29, 1.82) is 0 Å². The van der Waals surface area contributed by atoms with Crippen LogP contribution in [0.1, 0.15) is 0 Å². The van der Waals surface area contributed by atoms with Crippen molar-refractivity contribution in [2.24, 2.45) is 0 Å². The van der Waals surface area contributed by atoms with Crippen LogP contribution in [-0.4, -0.2) is 25.5 Å². The Hall–Kier alpha value is -5.62. The van der Waals surface area contributed by atoms with E-state index in [0.717, 1.165) is 44.0 Å². The van der Waals surface area contributed by atoms with Gasteiger partial charge < -0.3 is 29.9 Å². The highest BCUT2D eigenvalue weighted by molar-refractivity contribution is 6.24. The minimum absolute atomic E-state index is 0.185. The average Bonchev–Trinajstić information content (AvgIpc) is 3.42. The van der Waals surface area contributed by atoms with E-state index in [9.17, 15) is 25.5 Å². The van der Waals surface area contributed by atoms with E-state index in [1.165, 1.54) is 0 Å². The lowest BCUT2D eigenvalue weighted by atomic mass is 9.85. The van der Waals surface area contributed by atoms with Crippen molar-refractivity contribution in [3.05, 3.63) is 103 Å². The first-order chi connectivity index (χ1) is 19.5. The monoisotopic (exact) mass is 526 g/mol. The molecular weight excluding hydrogens is 504 g/mol. The number of benzene rings is 6. The zero-order valence-corrected chi connectivity index (χ0v) is 21.0. The van der Waals surface area contributed by atoms with Crippen LogP contribution in [0, 0.1) is 0 Å². The molecule has 6 nitrogen and oxygen atoms in total. The highest BCUT2D eigenvalue weighted by atomic mass is 16.4. The molecule has 194 valence electrons. The summed E-state index contributed by atoms with van der Waals surface area (Å²) < 4.78 is 6.02. The Labute approximate surface area is 227 Å². The van der Waals surface area contributed by atoms with Crippen molar-refractivity contribution >= 4 is 32.5 Å². The third kappa shape index (κ3) is 3.29. The van der Waals surface area contributed by atoms with Gasteiger partial charge in [0.25, 0.3) is 0 Å². The van der Waals surface area contributed by atoms with Gasteiger partial charge in [0.05, 0.1) is 11.8 Å². The van der Waals surface area contributed by atoms with E-state index in [-0.39, 0.29) is 5.56 Å². The first-order valence-corrected chi connectivity index (χ1v) is 12.6. The molecule has 0 spiro atoms. The number of phenolic OH excluding ortho intramolecular Hbond substituents is 5. The zero-order valence-electron chi connectivity index (χ0n) is 21.0. The maximum atomic E-state index is 10.9. The largest absolute Gasteiger partial charge is 0.504 e. The third-order valence-corrected chi connectivity index (χ3v) is 7.50. The number of furan rings is 1. The standard InChI is InChI=1S/C34H22O6/c35-30-29(31(36)33(38)34(39)32(30)37)28-22-12-6-4-10-20(22)27(21-11-5-7-13-23(21)28)25-17-40-26-15-14-19(16-24(25)26)18-8-2-1-3-9-18/h1-17,35-39H. The van der Waals surface area contributed by atoms with E-state index >= 15 is 0 Å². The fraction of sp³-hybridized carbons (Fsp3) is 0. The Kier molecular flexibility index (Phi) is 5.12. The Balaban J connectivity index is 1.61. The van der Waals surface area contributed by atoms with Crippen molar-refractivity contribution in [1.82, 2.24) is 0 Å². The highest BCUT2D eigenvalue weighted by Gasteiger charge is 2.28. The summed E-state index contributed by atoms with van der Waals surface area (Å²) in [5, 5.41) is 56.3. The molecule has 0 unspecified atom stereocenters. The minimum atomic E-state index is -0.997. The lowest BCUT2D eigenvalue weighted by Crippen LogP contribution is -1.92. The summed E-state index contributed by atoms with van der Waals surface area (Å²) in [6.45, 7) is 0. The molecule has 1 aromatic heterocycles. The van der Waals surface area contributed by atoms with E-state index < -0.39 is 28.7 Å². The van der Waals surface area contributed by atoms with Crippen LogP contribution in [0.3, 0.4) is 0 Å². The third-order valence-electron chi connectivity index (χ3n) is 7.50. The van der Waals surface area contributed by atoms with E-state index in [2.05, 4.69) is 18.2 Å². The van der Waals surface area contributed by atoms with Crippen LogP contribution in [0.2, 0.25) is 0 Å². The van der Waals surface area contributed by atoms with Gasteiger partial charge in [0.2, 0.25) is 17.2 Å². The molecule has 6 aromatic carbocycles. The van der Waals surface area contributed by atoms with Gasteiger partial charge in [0, 0.05) is 22.1 Å². The molecule has 0 saturated heterocycles. The van der Waals surface area contributed by atoms with Crippen LogP contribution < -0.4 is 0 Å². The molecule has 0 aliphatic carbocycles. The molecule has 0 aliphatic heterocycles. The Morgan fingerprint density at radius 2 is 0.900 bits per heavy atom. The quantitative estimate of drug-likeness (QED) is 0.0899. The maximum absolute atomic E-state index is 10.9. The van der Waals surface area contributed by atoms with Crippen molar-refractivity contribution in [3.63, 3.8) is 0 Å². The van der Waals surface area contributed by atoms with Gasteiger partial charge in [-0.15, -0.1) is 0 Å². The molecular formula is C34H22O6. The van der Waals surface area contributed by atoms with Gasteiger partial charge in [0.1, 0.15) is 5.58 Å². The van der Waals surface area contributed by atoms with Crippen LogP contribution >= 0.6 is 0 Å². The van der Waals surface area contributed by atoms with Gasteiger partial charge in [-0.1, -0.05) is 84.9 Å². The molecule has 7 aromatic rings. The highest BCUT2D eigenvalue weighted by Crippen LogP contribution is 2.58. The summed E-state index contributed by atoms with van der Waals surface area (Å²) in [5.74, 6) is -4.31. The fourth-order valence-corrected chi connectivity index (χ4v) is 5.64. The molecule has 0 amide bonds. The number of hydrogen-bond donors (Lipinski definition) is 5. The normalized spacial score (nSPS) is 11.5. The van der Waals surface area contributed by atoms with Crippen LogP contribution in [0.15, 0.2) is 108 Å². The number of rotatable bonds is 3. The van der Waals surface area contributed by atoms with Gasteiger partial charge >= 0.3 is 0 Å². The first kappa shape index (κ1) is 23.5. The Morgan fingerprint density at radius 3 is 1.48 bits per heavy atom. The van der Waals surface area contributed by atoms with E-state index in [1.807, 2.05) is 78.9 Å². The van der Waals surface area contributed by atoms with Crippen molar-refractivity contribution < 1.29 is 29.9 Å². The molecule has 6 heteroatoms. The first-order valence-electron chi connectivity index (χ1n) is 12.6. The van der Waals surface area contributed by atoms with Crippen molar-refractivity contribution in [2.75, 3.05) is 0 Å². The van der Waals surface area contributed by atoms with Crippen LogP contribution in [-0.2, 0) is 0 Å². The topological polar surface area (TPSA) is 114 Å². The van der Waals surface area contributed by atoms with Crippen molar-refractivity contribution in [2.45, 2.75) is 0 Å². The summed E-state index contributed by atoms with van der Waals surface area (Å²) in [4.78, 5) is 0. The minimum Gasteiger partial charge on any atom is -0.504 e. The second-order valence-electron chi connectivity index (χ2n) is 9.69. The lowest BCUT2D eigenvalue weighted by Gasteiger charge is -2.19. The van der Waals surface area contributed by atoms with Gasteiger partial charge in [-0.25, -0.2) is 0 Å². The SMILES string of the molecule is Oc1c(O)c(O)c(-c2c3ccccc3c(-c3coc4ccc(-c5ccccc5)cc34)c3ccccc23)c(O)c1O. The van der Waals surface area contributed by atoms with Crippen LogP contribution in [0.5, 0.6) is 28.7 Å². The van der Waals surface area contributed by atoms with E-state index in [4.69, 9.17) is 4.42 Å². The molecule has 0 fully saturated rings. The summed E-state index contributed by atoms with van der Waals surface area (Å²) in [6, 6.07) is 31.2. The molecule has 0 aliphatic rings. The Bertz CT molecular complexity index is 2020. The second kappa shape index (κ2) is 8.71. The zero-order chi connectivity index (χ0) is 27.5. The number of fused-ring (bicyclic) bond motifs is 3. The van der Waals surface area contributed by atoms with Crippen LogP contribution in [0.4, 0.5) is 0 Å². The van der Waals surface area contributed by atoms with E-state index in [0.29, 0.717) is 16.3 Å². The molecule has 7 rings (SSSR count). The molecule has 5 N–H and O–H groups in total. The van der Waals surface area contributed by atoms with Gasteiger partial charge in [0.15, 0.2) is 11.5 Å². The van der Waals surface area contributed by atoms with Gasteiger partial charge in [-0.05, 0) is 44.8 Å². The summed E-state index contributed by atoms with van der Waals surface area (Å²) in [7, 11) is 0. The predicted octanol–water partition coefficient (Wildman–Crippen LogP) is 8.27. The average molecular weight is 527 g/mol. The number of hydrogen-bond acceptors (Lipinski definition) is 6. The second-order valence-corrected chi connectivity index (χ2v) is 9.69. The summed E-state index contributed by atoms with van der Waals surface area (Å²) in [5.41, 5.74) is 4.84. The maximum Gasteiger partial charge on any atom is 0.208 e. The molecule has 1 heterocycles. The predicted molar refractivity (Wildman–Crippen MR) is 156 cm³/mol. The molecule has 40 heavy (non-hydrogen) atoms. The fourth-order valence-electron chi connectivity index (χ4n) is 5.64. The van der Waals surface area contributed by atoms with Gasteiger partial charge in [-0.2, -0.15) is 0 Å². The molecule has 0 saturated carbocycles. The summed E-state index contributed by atoms with van der Waals surface area (Å²) >= 11 is 0.